The molecule has 0 radical (unpaired) electrons. The average molecular weight is 325 g/mol. The van der Waals surface area contributed by atoms with Crippen molar-refractivity contribution in [1.82, 2.24) is 14.8 Å². The van der Waals surface area contributed by atoms with Crippen LogP contribution in [0.3, 0.4) is 0 Å². The summed E-state index contributed by atoms with van der Waals surface area (Å²) in [6.45, 7) is 0. The molecule has 24 heavy (non-hydrogen) atoms. The molecule has 1 aromatic carbocycles. The number of nitrogens with one attached hydrogen (secondary N) is 1. The van der Waals surface area contributed by atoms with E-state index in [0.29, 0.717) is 5.82 Å². The number of benzene rings is 1. The molecule has 3 rings (SSSR count). The molecule has 118 valence electrons. The second kappa shape index (κ2) is 6.26. The van der Waals surface area contributed by atoms with E-state index in [1.54, 1.807) is 18.2 Å². The van der Waals surface area contributed by atoms with Crippen LogP contribution in [-0.4, -0.2) is 20.7 Å². The highest BCUT2D eigenvalue weighted by Crippen LogP contribution is 2.20. The Balaban J connectivity index is 2.01. The summed E-state index contributed by atoms with van der Waals surface area (Å²) in [6.07, 6.45) is 2.76. The molecule has 0 aliphatic heterocycles. The number of hydrogen-bond donors (Lipinski definition) is 1. The van der Waals surface area contributed by atoms with Gasteiger partial charge in [-0.3, -0.25) is 4.79 Å². The third-order valence-corrected chi connectivity index (χ3v) is 3.16. The summed E-state index contributed by atoms with van der Waals surface area (Å²) in [5, 5.41) is 15.5. The molecule has 6 nitrogen and oxygen atoms in total. The predicted molar refractivity (Wildman–Crippen MR) is 80.4 cm³/mol. The lowest BCUT2D eigenvalue weighted by Crippen LogP contribution is -2.18. The zero-order valence-corrected chi connectivity index (χ0v) is 12.1. The fourth-order valence-corrected chi connectivity index (χ4v) is 2.05. The van der Waals surface area contributed by atoms with Crippen LogP contribution in [0.2, 0.25) is 0 Å². The SMILES string of the molecule is N#Cc1cnn(-c2ccccn2)c1NC(=O)c1cc(F)ccc1F. The van der Waals surface area contributed by atoms with Crippen molar-refractivity contribution in [3.63, 3.8) is 0 Å². The molecule has 0 unspecified atom stereocenters. The Morgan fingerprint density at radius 2 is 2.08 bits per heavy atom. The molecule has 0 aliphatic carbocycles. The molecule has 1 amide bonds. The number of carbonyl (C=O) groups excluding carboxylic acids is 1. The number of aromatic nitrogens is 3. The Bertz CT molecular complexity index is 947. The van der Waals surface area contributed by atoms with E-state index in [2.05, 4.69) is 15.4 Å². The maximum Gasteiger partial charge on any atom is 0.259 e. The van der Waals surface area contributed by atoms with E-state index in [1.807, 2.05) is 6.07 Å². The summed E-state index contributed by atoms with van der Waals surface area (Å²) in [6, 6.07) is 9.42. The maximum absolute atomic E-state index is 13.7. The van der Waals surface area contributed by atoms with Gasteiger partial charge in [0.15, 0.2) is 11.6 Å². The van der Waals surface area contributed by atoms with E-state index in [4.69, 9.17) is 5.26 Å². The minimum atomic E-state index is -0.902. The molecule has 0 aliphatic rings. The van der Waals surface area contributed by atoms with Crippen LogP contribution < -0.4 is 5.32 Å². The number of pyridine rings is 1. The van der Waals surface area contributed by atoms with Gasteiger partial charge in [-0.05, 0) is 30.3 Å². The minimum absolute atomic E-state index is 0.0184. The average Bonchev–Trinajstić information content (AvgIpc) is 3.00. The summed E-state index contributed by atoms with van der Waals surface area (Å²) >= 11 is 0. The first-order valence-corrected chi connectivity index (χ1v) is 6.76. The molecule has 0 spiro atoms. The quantitative estimate of drug-likeness (QED) is 0.802. The van der Waals surface area contributed by atoms with E-state index >= 15 is 0 Å². The fourth-order valence-electron chi connectivity index (χ4n) is 2.05. The second-order valence-electron chi connectivity index (χ2n) is 4.70. The highest BCUT2D eigenvalue weighted by molar-refractivity contribution is 6.04. The number of halogens is 2. The number of rotatable bonds is 3. The largest absolute Gasteiger partial charge is 0.305 e. The second-order valence-corrected chi connectivity index (χ2v) is 4.70. The van der Waals surface area contributed by atoms with E-state index in [1.165, 1.54) is 17.1 Å². The van der Waals surface area contributed by atoms with Gasteiger partial charge in [-0.1, -0.05) is 6.07 Å². The van der Waals surface area contributed by atoms with Gasteiger partial charge >= 0.3 is 0 Å². The van der Waals surface area contributed by atoms with Gasteiger partial charge < -0.3 is 5.32 Å². The van der Waals surface area contributed by atoms with Gasteiger partial charge in [-0.15, -0.1) is 0 Å². The van der Waals surface area contributed by atoms with E-state index < -0.39 is 23.1 Å². The molecule has 0 saturated carbocycles. The Hall–Kier alpha value is -3.60. The number of amides is 1. The van der Waals surface area contributed by atoms with Crippen molar-refractivity contribution in [3.05, 3.63) is 71.6 Å². The summed E-state index contributed by atoms with van der Waals surface area (Å²) in [5.41, 5.74) is -0.418. The summed E-state index contributed by atoms with van der Waals surface area (Å²) in [4.78, 5) is 16.3. The number of anilines is 1. The molecule has 0 bridgehead atoms. The number of carbonyl (C=O) groups is 1. The minimum Gasteiger partial charge on any atom is -0.305 e. The Morgan fingerprint density at radius 3 is 2.79 bits per heavy atom. The van der Waals surface area contributed by atoms with Crippen molar-refractivity contribution in [1.29, 1.82) is 5.26 Å². The smallest absolute Gasteiger partial charge is 0.259 e. The predicted octanol–water partition coefficient (Wildman–Crippen LogP) is 2.67. The van der Waals surface area contributed by atoms with Crippen LogP contribution in [0.4, 0.5) is 14.6 Å². The highest BCUT2D eigenvalue weighted by atomic mass is 19.1. The van der Waals surface area contributed by atoms with Crippen molar-refractivity contribution in [3.8, 4) is 11.9 Å². The highest BCUT2D eigenvalue weighted by Gasteiger charge is 2.19. The molecule has 1 N–H and O–H groups in total. The van der Waals surface area contributed by atoms with Gasteiger partial charge in [0.05, 0.1) is 11.8 Å². The van der Waals surface area contributed by atoms with Crippen molar-refractivity contribution in [2.75, 3.05) is 5.32 Å². The molecule has 8 heteroatoms. The van der Waals surface area contributed by atoms with Crippen molar-refractivity contribution >= 4 is 11.7 Å². The van der Waals surface area contributed by atoms with Gasteiger partial charge in [-0.2, -0.15) is 15.0 Å². The molecule has 2 heterocycles. The van der Waals surface area contributed by atoms with Crippen molar-refractivity contribution < 1.29 is 13.6 Å². The molecular weight excluding hydrogens is 316 g/mol. The van der Waals surface area contributed by atoms with E-state index in [9.17, 15) is 13.6 Å². The Morgan fingerprint density at radius 1 is 1.25 bits per heavy atom. The van der Waals surface area contributed by atoms with Crippen LogP contribution in [0.25, 0.3) is 5.82 Å². The standard InChI is InChI=1S/C16H9F2N5O/c17-11-4-5-13(18)12(7-11)16(24)22-15-10(8-19)9-21-23(15)14-3-1-2-6-20-14/h1-7,9H,(H,22,24). The third-order valence-electron chi connectivity index (χ3n) is 3.16. The van der Waals surface area contributed by atoms with E-state index in [-0.39, 0.29) is 11.4 Å². The van der Waals surface area contributed by atoms with Crippen molar-refractivity contribution in [2.45, 2.75) is 0 Å². The fraction of sp³-hybridized carbons (Fsp3) is 0. The zero-order chi connectivity index (χ0) is 17.1. The van der Waals surface area contributed by atoms with Gasteiger partial charge in [-0.25, -0.2) is 13.8 Å². The first kappa shape index (κ1) is 15.3. The number of nitrogens with zero attached hydrogens (tertiary/aromatic N) is 4. The maximum atomic E-state index is 13.7. The summed E-state index contributed by atoms with van der Waals surface area (Å²) < 4.78 is 28.2. The molecule has 0 saturated heterocycles. The summed E-state index contributed by atoms with van der Waals surface area (Å²) in [7, 11) is 0. The number of hydrogen-bond acceptors (Lipinski definition) is 4. The van der Waals surface area contributed by atoms with Crippen LogP contribution in [-0.2, 0) is 0 Å². The van der Waals surface area contributed by atoms with Gasteiger partial charge in [0.1, 0.15) is 23.3 Å². The molecule has 3 aromatic rings. The van der Waals surface area contributed by atoms with Crippen LogP contribution in [0.5, 0.6) is 0 Å². The lowest BCUT2D eigenvalue weighted by molar-refractivity contribution is 0.102. The van der Waals surface area contributed by atoms with Gasteiger partial charge in [0.2, 0.25) is 0 Å². The van der Waals surface area contributed by atoms with Crippen LogP contribution in [0.15, 0.2) is 48.8 Å². The van der Waals surface area contributed by atoms with Gasteiger partial charge in [0.25, 0.3) is 5.91 Å². The topological polar surface area (TPSA) is 83.6 Å². The Labute approximate surface area is 135 Å². The van der Waals surface area contributed by atoms with Gasteiger partial charge in [0, 0.05) is 6.20 Å². The number of nitriles is 1. The molecule has 2 aromatic heterocycles. The van der Waals surface area contributed by atoms with Crippen molar-refractivity contribution in [2.24, 2.45) is 0 Å². The Kier molecular flexibility index (Phi) is 3.99. The van der Waals surface area contributed by atoms with Crippen LogP contribution in [0.1, 0.15) is 15.9 Å². The van der Waals surface area contributed by atoms with Crippen LogP contribution in [0, 0.1) is 23.0 Å². The molecule has 0 atom stereocenters. The first-order chi connectivity index (χ1) is 11.6. The third kappa shape index (κ3) is 2.83. The lowest BCUT2D eigenvalue weighted by atomic mass is 10.2. The lowest BCUT2D eigenvalue weighted by Gasteiger charge is -2.09. The summed E-state index contributed by atoms with van der Waals surface area (Å²) in [5.74, 6) is -2.16. The first-order valence-electron chi connectivity index (χ1n) is 6.76. The monoisotopic (exact) mass is 325 g/mol. The molecular formula is C16H9F2N5O. The zero-order valence-electron chi connectivity index (χ0n) is 12.1. The van der Waals surface area contributed by atoms with E-state index in [0.717, 1.165) is 18.2 Å². The van der Waals surface area contributed by atoms with Crippen LogP contribution >= 0.6 is 0 Å². The molecule has 0 fully saturated rings. The normalized spacial score (nSPS) is 10.2.